The topological polar surface area (TPSA) is 15.3 Å². The van der Waals surface area contributed by atoms with Gasteiger partial charge in [0.05, 0.1) is 10.7 Å². The molecule has 0 spiro atoms. The van der Waals surface area contributed by atoms with Crippen LogP contribution >= 0.6 is 11.6 Å². The Hall–Kier alpha value is -1.51. The van der Waals surface area contributed by atoms with E-state index in [9.17, 15) is 0 Å². The Bertz CT molecular complexity index is 593. The molecule has 21 heavy (non-hydrogen) atoms. The van der Waals surface area contributed by atoms with Gasteiger partial charge in [-0.05, 0) is 30.0 Å². The zero-order chi connectivity index (χ0) is 14.7. The van der Waals surface area contributed by atoms with Crippen LogP contribution in [0.2, 0.25) is 5.02 Å². The van der Waals surface area contributed by atoms with Gasteiger partial charge < -0.3 is 10.2 Å². The molecule has 0 heterocycles. The molecule has 0 atom stereocenters. The van der Waals surface area contributed by atoms with Crippen LogP contribution in [-0.4, -0.2) is 13.1 Å². The summed E-state index contributed by atoms with van der Waals surface area (Å²) in [4.78, 5) is 2.24. The lowest BCUT2D eigenvalue weighted by Crippen LogP contribution is -2.22. The number of hydrogen-bond acceptors (Lipinski definition) is 2. The summed E-state index contributed by atoms with van der Waals surface area (Å²) in [5.74, 6) is 0. The molecule has 2 aromatic rings. The molecule has 0 amide bonds. The van der Waals surface area contributed by atoms with Crippen LogP contribution in [0.4, 0.5) is 5.69 Å². The molecule has 1 saturated carbocycles. The SMILES string of the molecule is CN(Cc1ccccc1)c1c(Cl)cccc1CNC1CC1. The predicted octanol–water partition coefficient (Wildman–Crippen LogP) is 4.23. The van der Waals surface area contributed by atoms with Gasteiger partial charge in [0.1, 0.15) is 0 Å². The summed E-state index contributed by atoms with van der Waals surface area (Å²) in [6, 6.07) is 17.4. The molecule has 1 aliphatic carbocycles. The quantitative estimate of drug-likeness (QED) is 0.859. The molecule has 3 heteroatoms. The van der Waals surface area contributed by atoms with Gasteiger partial charge in [-0.1, -0.05) is 54.1 Å². The second-order valence-electron chi connectivity index (χ2n) is 5.74. The van der Waals surface area contributed by atoms with Crippen LogP contribution in [0.5, 0.6) is 0 Å². The molecule has 0 radical (unpaired) electrons. The first-order valence-corrected chi connectivity index (χ1v) is 7.87. The molecule has 0 unspecified atom stereocenters. The lowest BCUT2D eigenvalue weighted by Gasteiger charge is -2.24. The van der Waals surface area contributed by atoms with Crippen molar-refractivity contribution in [3.05, 3.63) is 64.7 Å². The fourth-order valence-electron chi connectivity index (χ4n) is 2.61. The van der Waals surface area contributed by atoms with Gasteiger partial charge in [0.2, 0.25) is 0 Å². The van der Waals surface area contributed by atoms with Crippen molar-refractivity contribution in [1.82, 2.24) is 5.32 Å². The molecule has 2 aromatic carbocycles. The summed E-state index contributed by atoms with van der Waals surface area (Å²) in [6.07, 6.45) is 2.60. The maximum Gasteiger partial charge on any atom is 0.0642 e. The molecule has 3 rings (SSSR count). The van der Waals surface area contributed by atoms with Crippen molar-refractivity contribution in [2.45, 2.75) is 32.0 Å². The number of nitrogens with zero attached hydrogens (tertiary/aromatic N) is 1. The van der Waals surface area contributed by atoms with Crippen molar-refractivity contribution in [1.29, 1.82) is 0 Å². The van der Waals surface area contributed by atoms with Gasteiger partial charge in [-0.15, -0.1) is 0 Å². The number of benzene rings is 2. The summed E-state index contributed by atoms with van der Waals surface area (Å²) >= 11 is 6.45. The highest BCUT2D eigenvalue weighted by Gasteiger charge is 2.21. The number of halogens is 1. The molecular weight excluding hydrogens is 280 g/mol. The summed E-state index contributed by atoms with van der Waals surface area (Å²) in [6.45, 7) is 1.75. The number of para-hydroxylation sites is 1. The summed E-state index contributed by atoms with van der Waals surface area (Å²) < 4.78 is 0. The zero-order valence-corrected chi connectivity index (χ0v) is 13.1. The third kappa shape index (κ3) is 3.78. The highest BCUT2D eigenvalue weighted by Crippen LogP contribution is 2.31. The van der Waals surface area contributed by atoms with Crippen molar-refractivity contribution < 1.29 is 0 Å². The summed E-state index contributed by atoms with van der Waals surface area (Å²) in [5, 5.41) is 4.40. The fourth-order valence-corrected chi connectivity index (χ4v) is 2.95. The van der Waals surface area contributed by atoms with Crippen LogP contribution in [0.15, 0.2) is 48.5 Å². The van der Waals surface area contributed by atoms with Gasteiger partial charge in [0, 0.05) is 26.2 Å². The average molecular weight is 301 g/mol. The summed E-state index contributed by atoms with van der Waals surface area (Å²) in [5.41, 5.74) is 3.70. The van der Waals surface area contributed by atoms with E-state index in [4.69, 9.17) is 11.6 Å². The number of hydrogen-bond donors (Lipinski definition) is 1. The number of anilines is 1. The first-order valence-electron chi connectivity index (χ1n) is 7.50. The smallest absolute Gasteiger partial charge is 0.0642 e. The van der Waals surface area contributed by atoms with E-state index in [2.05, 4.69) is 47.6 Å². The average Bonchev–Trinajstić information content (AvgIpc) is 3.30. The molecule has 1 fully saturated rings. The molecule has 2 nitrogen and oxygen atoms in total. The Labute approximate surface area is 131 Å². The van der Waals surface area contributed by atoms with Crippen LogP contribution in [-0.2, 0) is 13.1 Å². The molecule has 0 aliphatic heterocycles. The van der Waals surface area contributed by atoms with E-state index in [1.165, 1.54) is 24.0 Å². The van der Waals surface area contributed by atoms with Gasteiger partial charge >= 0.3 is 0 Å². The Morgan fingerprint density at radius 2 is 1.86 bits per heavy atom. The van der Waals surface area contributed by atoms with E-state index < -0.39 is 0 Å². The Morgan fingerprint density at radius 3 is 2.57 bits per heavy atom. The maximum atomic E-state index is 6.45. The third-order valence-corrected chi connectivity index (χ3v) is 4.18. The normalized spacial score (nSPS) is 14.2. The molecule has 0 bridgehead atoms. The van der Waals surface area contributed by atoms with Crippen LogP contribution in [0, 0.1) is 0 Å². The van der Waals surface area contributed by atoms with Crippen molar-refractivity contribution >= 4 is 17.3 Å². The minimum atomic E-state index is 0.705. The first-order chi connectivity index (χ1) is 10.2. The summed E-state index contributed by atoms with van der Waals surface area (Å²) in [7, 11) is 2.11. The van der Waals surface area contributed by atoms with Crippen molar-refractivity contribution in [3.8, 4) is 0 Å². The molecule has 110 valence electrons. The number of nitrogens with one attached hydrogen (secondary N) is 1. The van der Waals surface area contributed by atoms with E-state index in [1.54, 1.807) is 0 Å². The van der Waals surface area contributed by atoms with Crippen LogP contribution in [0.1, 0.15) is 24.0 Å². The first kappa shape index (κ1) is 14.4. The van der Waals surface area contributed by atoms with Gasteiger partial charge in [0.25, 0.3) is 0 Å². The Morgan fingerprint density at radius 1 is 1.10 bits per heavy atom. The zero-order valence-electron chi connectivity index (χ0n) is 12.3. The van der Waals surface area contributed by atoms with Crippen LogP contribution in [0.25, 0.3) is 0 Å². The van der Waals surface area contributed by atoms with E-state index in [1.807, 2.05) is 18.2 Å². The van der Waals surface area contributed by atoms with E-state index in [0.29, 0.717) is 6.04 Å². The van der Waals surface area contributed by atoms with Crippen molar-refractivity contribution in [3.63, 3.8) is 0 Å². The third-order valence-electron chi connectivity index (χ3n) is 3.87. The molecule has 0 saturated heterocycles. The Kier molecular flexibility index (Phi) is 4.47. The van der Waals surface area contributed by atoms with Crippen LogP contribution in [0.3, 0.4) is 0 Å². The minimum Gasteiger partial charge on any atom is -0.369 e. The largest absolute Gasteiger partial charge is 0.369 e. The van der Waals surface area contributed by atoms with Gasteiger partial charge in [-0.2, -0.15) is 0 Å². The standard InChI is InChI=1S/C18H21ClN2/c1-21(13-14-6-3-2-4-7-14)18-15(8-5-9-17(18)19)12-20-16-10-11-16/h2-9,16,20H,10-13H2,1H3. The minimum absolute atomic E-state index is 0.705. The molecule has 1 aliphatic rings. The van der Waals surface area contributed by atoms with Gasteiger partial charge in [-0.25, -0.2) is 0 Å². The highest BCUT2D eigenvalue weighted by atomic mass is 35.5. The molecule has 1 N–H and O–H groups in total. The monoisotopic (exact) mass is 300 g/mol. The van der Waals surface area contributed by atoms with Gasteiger partial charge in [0.15, 0.2) is 0 Å². The van der Waals surface area contributed by atoms with Gasteiger partial charge in [-0.3, -0.25) is 0 Å². The molecular formula is C18H21ClN2. The second kappa shape index (κ2) is 6.50. The lowest BCUT2D eigenvalue weighted by molar-refractivity contribution is 0.685. The van der Waals surface area contributed by atoms with E-state index >= 15 is 0 Å². The predicted molar refractivity (Wildman–Crippen MR) is 89.9 cm³/mol. The maximum absolute atomic E-state index is 6.45. The Balaban J connectivity index is 1.78. The van der Waals surface area contributed by atoms with E-state index in [-0.39, 0.29) is 0 Å². The second-order valence-corrected chi connectivity index (χ2v) is 6.15. The highest BCUT2D eigenvalue weighted by molar-refractivity contribution is 6.33. The van der Waals surface area contributed by atoms with Crippen molar-refractivity contribution in [2.24, 2.45) is 0 Å². The molecule has 0 aromatic heterocycles. The number of rotatable bonds is 6. The van der Waals surface area contributed by atoms with Crippen LogP contribution < -0.4 is 10.2 Å². The van der Waals surface area contributed by atoms with E-state index in [0.717, 1.165) is 23.8 Å². The fraction of sp³-hybridized carbons (Fsp3) is 0.333. The lowest BCUT2D eigenvalue weighted by atomic mass is 10.1. The van der Waals surface area contributed by atoms with Crippen molar-refractivity contribution in [2.75, 3.05) is 11.9 Å².